The van der Waals surface area contributed by atoms with Gasteiger partial charge in [-0.1, -0.05) is 13.8 Å². The van der Waals surface area contributed by atoms with Crippen LogP contribution in [0.5, 0.6) is 0 Å². The van der Waals surface area contributed by atoms with Crippen molar-refractivity contribution in [3.8, 4) is 0 Å². The molecule has 4 heteroatoms. The highest BCUT2D eigenvalue weighted by Gasteiger charge is 2.14. The average molecular weight is 222 g/mol. The Hall–Kier alpha value is -1.58. The number of hydrogen-bond donors (Lipinski definition) is 2. The minimum absolute atomic E-state index is 0.0493. The van der Waals surface area contributed by atoms with Gasteiger partial charge in [0.2, 0.25) is 0 Å². The van der Waals surface area contributed by atoms with Crippen LogP contribution in [0.25, 0.3) is 0 Å². The summed E-state index contributed by atoms with van der Waals surface area (Å²) in [5, 5.41) is 2.80. The molecule has 2 N–H and O–H groups in total. The van der Waals surface area contributed by atoms with Gasteiger partial charge < -0.3 is 10.3 Å². The third-order valence-corrected chi connectivity index (χ3v) is 2.66. The third-order valence-electron chi connectivity index (χ3n) is 2.66. The summed E-state index contributed by atoms with van der Waals surface area (Å²) in [6, 6.07) is 1.47. The molecule has 1 unspecified atom stereocenters. The zero-order valence-corrected chi connectivity index (χ0v) is 10.1. The lowest BCUT2D eigenvalue weighted by Crippen LogP contribution is -2.38. The number of aromatic nitrogens is 1. The molecule has 16 heavy (non-hydrogen) atoms. The number of rotatable bonds is 3. The van der Waals surface area contributed by atoms with E-state index in [1.807, 2.05) is 20.8 Å². The van der Waals surface area contributed by atoms with E-state index in [-0.39, 0.29) is 22.9 Å². The van der Waals surface area contributed by atoms with Gasteiger partial charge in [0.05, 0.1) is 0 Å². The normalized spacial score (nSPS) is 12.6. The van der Waals surface area contributed by atoms with E-state index in [9.17, 15) is 9.59 Å². The van der Waals surface area contributed by atoms with Crippen LogP contribution in [-0.2, 0) is 0 Å². The van der Waals surface area contributed by atoms with E-state index in [0.29, 0.717) is 5.92 Å². The van der Waals surface area contributed by atoms with E-state index in [1.165, 1.54) is 12.3 Å². The maximum absolute atomic E-state index is 11.8. The smallest absolute Gasteiger partial charge is 0.256 e. The van der Waals surface area contributed by atoms with Crippen LogP contribution in [-0.4, -0.2) is 16.9 Å². The fraction of sp³-hybridized carbons (Fsp3) is 0.500. The molecule has 0 aliphatic rings. The van der Waals surface area contributed by atoms with Gasteiger partial charge in [-0.3, -0.25) is 9.59 Å². The summed E-state index contributed by atoms with van der Waals surface area (Å²) in [5.74, 6) is 0.0240. The number of pyridine rings is 1. The monoisotopic (exact) mass is 222 g/mol. The van der Waals surface area contributed by atoms with E-state index < -0.39 is 0 Å². The summed E-state index contributed by atoms with van der Waals surface area (Å²) in [6.45, 7) is 7.74. The summed E-state index contributed by atoms with van der Waals surface area (Å²) < 4.78 is 0. The molecule has 0 aliphatic heterocycles. The lowest BCUT2D eigenvalue weighted by atomic mass is 10.1. The second-order valence-electron chi connectivity index (χ2n) is 4.40. The number of carbonyl (C=O) groups is 1. The van der Waals surface area contributed by atoms with Gasteiger partial charge in [0, 0.05) is 24.0 Å². The Morgan fingerprint density at radius 3 is 2.50 bits per heavy atom. The summed E-state index contributed by atoms with van der Waals surface area (Å²) in [6.07, 6.45) is 1.46. The van der Waals surface area contributed by atoms with Gasteiger partial charge in [-0.15, -0.1) is 0 Å². The minimum Gasteiger partial charge on any atom is -0.364 e. The van der Waals surface area contributed by atoms with E-state index in [2.05, 4.69) is 10.3 Å². The van der Waals surface area contributed by atoms with Crippen LogP contribution in [0.3, 0.4) is 0 Å². The highest BCUT2D eigenvalue weighted by Crippen LogP contribution is 2.01. The van der Waals surface area contributed by atoms with E-state index in [4.69, 9.17) is 0 Å². The number of aromatic amines is 1. The second kappa shape index (κ2) is 4.96. The lowest BCUT2D eigenvalue weighted by molar-refractivity contribution is 0.0929. The third kappa shape index (κ3) is 2.95. The largest absolute Gasteiger partial charge is 0.364 e. The summed E-state index contributed by atoms with van der Waals surface area (Å²) >= 11 is 0. The van der Waals surface area contributed by atoms with Gasteiger partial charge in [0.1, 0.15) is 5.56 Å². The molecule has 1 atom stereocenters. The summed E-state index contributed by atoms with van der Waals surface area (Å²) in [5.41, 5.74) is 0.668. The molecule has 88 valence electrons. The van der Waals surface area contributed by atoms with Crippen molar-refractivity contribution in [1.82, 2.24) is 10.3 Å². The first-order valence-corrected chi connectivity index (χ1v) is 5.42. The highest BCUT2D eigenvalue weighted by molar-refractivity contribution is 5.93. The van der Waals surface area contributed by atoms with Gasteiger partial charge in [0.25, 0.3) is 5.91 Å². The van der Waals surface area contributed by atoms with Crippen molar-refractivity contribution in [2.24, 2.45) is 5.92 Å². The molecule has 1 aromatic heterocycles. The van der Waals surface area contributed by atoms with Crippen molar-refractivity contribution < 1.29 is 4.79 Å². The van der Waals surface area contributed by atoms with Crippen LogP contribution in [0.15, 0.2) is 17.1 Å². The molecule has 0 saturated carbocycles. The number of carbonyl (C=O) groups excluding carboxylic acids is 1. The summed E-state index contributed by atoms with van der Waals surface area (Å²) in [4.78, 5) is 26.2. The molecular formula is C12H18N2O2. The Bertz CT molecular complexity index is 435. The van der Waals surface area contributed by atoms with Crippen molar-refractivity contribution in [1.29, 1.82) is 0 Å². The molecule has 0 aromatic carbocycles. The zero-order valence-electron chi connectivity index (χ0n) is 10.1. The number of nitrogens with one attached hydrogen (secondary N) is 2. The van der Waals surface area contributed by atoms with Crippen molar-refractivity contribution in [3.63, 3.8) is 0 Å². The first kappa shape index (κ1) is 12.5. The first-order valence-electron chi connectivity index (χ1n) is 5.42. The van der Waals surface area contributed by atoms with Gasteiger partial charge in [0.15, 0.2) is 5.43 Å². The molecule has 0 radical (unpaired) electrons. The fourth-order valence-corrected chi connectivity index (χ4v) is 1.20. The standard InChI is InChI=1S/C12H18N2O2/c1-7(2)9(4)14-12(16)10-6-13-8(3)5-11(10)15/h5-7,9H,1-4H3,(H,13,15)(H,14,16). The van der Waals surface area contributed by atoms with E-state index in [1.54, 1.807) is 6.92 Å². The molecule has 1 amide bonds. The Morgan fingerprint density at radius 1 is 1.38 bits per heavy atom. The minimum atomic E-state index is -0.317. The molecular weight excluding hydrogens is 204 g/mol. The van der Waals surface area contributed by atoms with Gasteiger partial charge in [-0.05, 0) is 19.8 Å². The second-order valence-corrected chi connectivity index (χ2v) is 4.40. The lowest BCUT2D eigenvalue weighted by Gasteiger charge is -2.17. The number of aryl methyl sites for hydroxylation is 1. The number of hydrogen-bond acceptors (Lipinski definition) is 2. The quantitative estimate of drug-likeness (QED) is 0.813. The predicted octanol–water partition coefficient (Wildman–Crippen LogP) is 1.46. The first-order chi connectivity index (χ1) is 7.41. The Balaban J connectivity index is 2.85. The van der Waals surface area contributed by atoms with Gasteiger partial charge in [-0.2, -0.15) is 0 Å². The van der Waals surface area contributed by atoms with Crippen LogP contribution in [0.1, 0.15) is 36.8 Å². The van der Waals surface area contributed by atoms with Gasteiger partial charge >= 0.3 is 0 Å². The molecule has 0 spiro atoms. The van der Waals surface area contributed by atoms with Crippen LogP contribution in [0, 0.1) is 12.8 Å². The SMILES string of the molecule is Cc1cc(=O)c(C(=O)NC(C)C(C)C)c[nH]1. The Morgan fingerprint density at radius 2 is 2.00 bits per heavy atom. The molecule has 1 rings (SSSR count). The van der Waals surface area contributed by atoms with Crippen molar-refractivity contribution in [2.45, 2.75) is 33.7 Å². The molecule has 0 fully saturated rings. The van der Waals surface area contributed by atoms with Crippen LogP contribution in [0.2, 0.25) is 0 Å². The Labute approximate surface area is 95.1 Å². The average Bonchev–Trinajstić information content (AvgIpc) is 2.16. The molecule has 0 saturated heterocycles. The van der Waals surface area contributed by atoms with Crippen molar-refractivity contribution in [3.05, 3.63) is 33.7 Å². The van der Waals surface area contributed by atoms with Gasteiger partial charge in [-0.25, -0.2) is 0 Å². The fourth-order valence-electron chi connectivity index (χ4n) is 1.20. The Kier molecular flexibility index (Phi) is 3.88. The predicted molar refractivity (Wildman–Crippen MR) is 63.6 cm³/mol. The van der Waals surface area contributed by atoms with Crippen molar-refractivity contribution >= 4 is 5.91 Å². The van der Waals surface area contributed by atoms with Crippen molar-refractivity contribution in [2.75, 3.05) is 0 Å². The van der Waals surface area contributed by atoms with E-state index >= 15 is 0 Å². The molecule has 0 aliphatic carbocycles. The molecule has 1 aromatic rings. The molecule has 1 heterocycles. The van der Waals surface area contributed by atoms with Crippen LogP contribution < -0.4 is 10.7 Å². The van der Waals surface area contributed by atoms with Crippen LogP contribution >= 0.6 is 0 Å². The van der Waals surface area contributed by atoms with Crippen LogP contribution in [0.4, 0.5) is 0 Å². The topological polar surface area (TPSA) is 62.0 Å². The molecule has 4 nitrogen and oxygen atoms in total. The number of H-pyrrole nitrogens is 1. The van der Waals surface area contributed by atoms with E-state index in [0.717, 1.165) is 5.69 Å². The highest BCUT2D eigenvalue weighted by atomic mass is 16.2. The maximum atomic E-state index is 11.8. The molecule has 0 bridgehead atoms. The summed E-state index contributed by atoms with van der Waals surface area (Å²) in [7, 11) is 0. The zero-order chi connectivity index (χ0) is 12.3. The maximum Gasteiger partial charge on any atom is 0.256 e. The number of amides is 1.